The van der Waals surface area contributed by atoms with Crippen LogP contribution in [0.2, 0.25) is 0 Å². The van der Waals surface area contributed by atoms with Gasteiger partial charge in [-0.3, -0.25) is 0 Å². The van der Waals surface area contributed by atoms with Crippen LogP contribution in [0.4, 0.5) is 21.8 Å². The highest BCUT2D eigenvalue weighted by Crippen LogP contribution is 2.23. The van der Waals surface area contributed by atoms with Gasteiger partial charge in [0.1, 0.15) is 17.7 Å². The molecule has 0 radical (unpaired) electrons. The van der Waals surface area contributed by atoms with Gasteiger partial charge >= 0.3 is 6.01 Å². The number of hydrogen-bond donors (Lipinski definition) is 2. The quantitative estimate of drug-likeness (QED) is 0.718. The molecule has 3 rings (SSSR count). The molecule has 0 aliphatic carbocycles. The number of nitrogens with one attached hydrogen (secondary N) is 2. The van der Waals surface area contributed by atoms with Gasteiger partial charge in [0.25, 0.3) is 0 Å². The fraction of sp³-hybridized carbons (Fsp3) is 0. The molecule has 0 aliphatic rings. The van der Waals surface area contributed by atoms with Crippen LogP contribution in [-0.4, -0.2) is 0 Å². The Bertz CT molecular complexity index is 722. The predicted molar refractivity (Wildman–Crippen MR) is 74.8 cm³/mol. The van der Waals surface area contributed by atoms with Gasteiger partial charge in [0.2, 0.25) is 0 Å². The van der Waals surface area contributed by atoms with Crippen LogP contribution in [0.15, 0.2) is 59.1 Å². The molecule has 0 atom stereocenters. The lowest BCUT2D eigenvalue weighted by Crippen LogP contribution is -2.03. The van der Waals surface area contributed by atoms with Crippen molar-refractivity contribution in [1.29, 1.82) is 0 Å². The number of nitrogens with two attached hydrogens (primary N) is 1. The van der Waals surface area contributed by atoms with Gasteiger partial charge in [-0.25, -0.2) is 14.7 Å². The molecule has 0 amide bonds. The number of hydrogen-bond acceptors (Lipinski definition) is 3. The second kappa shape index (κ2) is 5.05. The normalized spacial score (nSPS) is 10.4. The summed E-state index contributed by atoms with van der Waals surface area (Å²) in [6.45, 7) is 0. The van der Waals surface area contributed by atoms with E-state index in [0.29, 0.717) is 17.5 Å². The summed E-state index contributed by atoms with van der Waals surface area (Å²) < 4.78 is 18.5. The van der Waals surface area contributed by atoms with E-state index in [4.69, 9.17) is 10.2 Å². The second-order valence-corrected chi connectivity index (χ2v) is 4.34. The molecular weight excluding hydrogens is 257 g/mol. The Morgan fingerprint density at radius 2 is 1.90 bits per heavy atom. The molecule has 4 N–H and O–H groups in total. The number of benzene rings is 2. The molecule has 1 aromatic heterocycles. The Morgan fingerprint density at radius 3 is 2.65 bits per heavy atom. The van der Waals surface area contributed by atoms with Gasteiger partial charge in [-0.05, 0) is 36.4 Å². The molecule has 1 heterocycles. The van der Waals surface area contributed by atoms with Gasteiger partial charge in [0, 0.05) is 11.3 Å². The lowest BCUT2D eigenvalue weighted by molar-refractivity contribution is -0.364. The molecule has 0 aliphatic heterocycles. The third-order valence-corrected chi connectivity index (χ3v) is 2.82. The minimum atomic E-state index is -0.278. The largest absolute Gasteiger partial charge is 0.457 e. The van der Waals surface area contributed by atoms with Crippen LogP contribution in [0.5, 0.6) is 0 Å². The summed E-state index contributed by atoms with van der Waals surface area (Å²) in [6, 6.07) is 13.9. The number of aromatic nitrogens is 1. The first-order valence-corrected chi connectivity index (χ1v) is 6.11. The van der Waals surface area contributed by atoms with E-state index in [-0.39, 0.29) is 5.82 Å². The molecule has 0 saturated heterocycles. The lowest BCUT2D eigenvalue weighted by atomic mass is 10.2. The standard InChI is InChI=1S/C15H12FN3O/c16-11-4-6-13(7-5-11)19-15-18-9-14(20-15)10-2-1-3-12(17)8-10/h1-9H,17H2,(H,18,19)/p+1. The summed E-state index contributed by atoms with van der Waals surface area (Å²) >= 11 is 0. The zero-order valence-corrected chi connectivity index (χ0v) is 10.6. The summed E-state index contributed by atoms with van der Waals surface area (Å²) in [5.41, 5.74) is 8.03. The highest BCUT2D eigenvalue weighted by molar-refractivity contribution is 5.62. The first-order chi connectivity index (χ1) is 9.70. The maximum absolute atomic E-state index is 12.8. The van der Waals surface area contributed by atoms with Gasteiger partial charge in [0.15, 0.2) is 5.76 Å². The van der Waals surface area contributed by atoms with Crippen molar-refractivity contribution in [1.82, 2.24) is 0 Å². The molecule has 0 spiro atoms. The van der Waals surface area contributed by atoms with E-state index < -0.39 is 0 Å². The smallest absolute Gasteiger partial charge is 0.399 e. The van der Waals surface area contributed by atoms with E-state index >= 15 is 0 Å². The molecule has 2 aromatic carbocycles. The Labute approximate surface area is 115 Å². The van der Waals surface area contributed by atoms with Crippen molar-refractivity contribution < 1.29 is 13.8 Å². The van der Waals surface area contributed by atoms with Gasteiger partial charge in [-0.1, -0.05) is 12.1 Å². The summed E-state index contributed by atoms with van der Waals surface area (Å²) in [7, 11) is 0. The highest BCUT2D eigenvalue weighted by Gasteiger charge is 2.12. The van der Waals surface area contributed by atoms with E-state index in [0.717, 1.165) is 11.3 Å². The maximum atomic E-state index is 12.8. The molecule has 5 heteroatoms. The fourth-order valence-electron chi connectivity index (χ4n) is 1.86. The first kappa shape index (κ1) is 12.2. The predicted octanol–water partition coefficient (Wildman–Crippen LogP) is 3.23. The molecule has 0 fully saturated rings. The number of oxazole rings is 1. The average molecular weight is 270 g/mol. The Hall–Kier alpha value is -2.82. The SMILES string of the molecule is Nc1cccc(-c2c[nH+]c(Nc3ccc(F)cc3)o2)c1. The van der Waals surface area contributed by atoms with Crippen LogP contribution in [0.25, 0.3) is 11.3 Å². The van der Waals surface area contributed by atoms with E-state index in [2.05, 4.69) is 10.3 Å². The average Bonchev–Trinajstić information content (AvgIpc) is 2.90. The van der Waals surface area contributed by atoms with Crippen molar-refractivity contribution in [2.45, 2.75) is 0 Å². The van der Waals surface area contributed by atoms with E-state index in [1.54, 1.807) is 18.3 Å². The molecule has 20 heavy (non-hydrogen) atoms. The third-order valence-electron chi connectivity index (χ3n) is 2.82. The minimum absolute atomic E-state index is 0.278. The third kappa shape index (κ3) is 2.61. The van der Waals surface area contributed by atoms with Crippen molar-refractivity contribution >= 4 is 17.4 Å². The van der Waals surface area contributed by atoms with Gasteiger partial charge in [-0.2, -0.15) is 0 Å². The molecule has 0 saturated carbocycles. The van der Waals surface area contributed by atoms with Crippen LogP contribution in [0.3, 0.4) is 0 Å². The Kier molecular flexibility index (Phi) is 3.09. The second-order valence-electron chi connectivity index (χ2n) is 4.34. The Balaban J connectivity index is 1.82. The van der Waals surface area contributed by atoms with Crippen LogP contribution < -0.4 is 16.0 Å². The molecule has 4 nitrogen and oxygen atoms in total. The van der Waals surface area contributed by atoms with Crippen molar-refractivity contribution in [3.63, 3.8) is 0 Å². The van der Waals surface area contributed by atoms with Crippen LogP contribution in [0, 0.1) is 5.82 Å². The number of halogens is 1. The van der Waals surface area contributed by atoms with Crippen LogP contribution in [0.1, 0.15) is 0 Å². The molecular formula is C15H13FN3O+. The van der Waals surface area contributed by atoms with Crippen molar-refractivity contribution in [3.8, 4) is 11.3 Å². The molecule has 3 aromatic rings. The zero-order chi connectivity index (χ0) is 13.9. The lowest BCUT2D eigenvalue weighted by Gasteiger charge is -1.96. The van der Waals surface area contributed by atoms with E-state index in [1.807, 2.05) is 24.3 Å². The molecule has 0 bridgehead atoms. The van der Waals surface area contributed by atoms with E-state index in [9.17, 15) is 4.39 Å². The topological polar surface area (TPSA) is 65.3 Å². The number of H-pyrrole nitrogens is 1. The first-order valence-electron chi connectivity index (χ1n) is 6.11. The van der Waals surface area contributed by atoms with Crippen LogP contribution >= 0.6 is 0 Å². The van der Waals surface area contributed by atoms with Gasteiger partial charge in [-0.15, -0.1) is 0 Å². The van der Waals surface area contributed by atoms with Crippen molar-refractivity contribution in [3.05, 3.63) is 60.5 Å². The van der Waals surface area contributed by atoms with Gasteiger partial charge in [0.05, 0.1) is 0 Å². The minimum Gasteiger partial charge on any atom is -0.399 e. The monoisotopic (exact) mass is 270 g/mol. The highest BCUT2D eigenvalue weighted by atomic mass is 19.1. The number of aromatic amines is 1. The zero-order valence-electron chi connectivity index (χ0n) is 10.6. The maximum Gasteiger partial charge on any atom is 0.457 e. The summed E-state index contributed by atoms with van der Waals surface area (Å²) in [5, 5.41) is 3.02. The summed E-state index contributed by atoms with van der Waals surface area (Å²) in [5.74, 6) is 0.390. The Morgan fingerprint density at radius 1 is 1.10 bits per heavy atom. The molecule has 100 valence electrons. The summed E-state index contributed by atoms with van der Waals surface area (Å²) in [4.78, 5) is 2.97. The van der Waals surface area contributed by atoms with Gasteiger partial charge < -0.3 is 10.2 Å². The van der Waals surface area contributed by atoms with E-state index in [1.165, 1.54) is 12.1 Å². The number of nitrogen functional groups attached to an aromatic ring is 1. The fourth-order valence-corrected chi connectivity index (χ4v) is 1.86. The number of rotatable bonds is 3. The van der Waals surface area contributed by atoms with Crippen LogP contribution in [-0.2, 0) is 0 Å². The summed E-state index contributed by atoms with van der Waals surface area (Å²) in [6.07, 6.45) is 1.74. The van der Waals surface area contributed by atoms with Crippen molar-refractivity contribution in [2.75, 3.05) is 11.1 Å². The molecule has 0 unspecified atom stereocenters. The van der Waals surface area contributed by atoms with Crippen molar-refractivity contribution in [2.24, 2.45) is 0 Å². The number of anilines is 3.